The number of furan rings is 1. The minimum Gasteiger partial charge on any atom is -0.464 e. The van der Waals surface area contributed by atoms with Gasteiger partial charge in [0.15, 0.2) is 5.76 Å². The summed E-state index contributed by atoms with van der Waals surface area (Å²) in [6.07, 6.45) is 1.39. The molecule has 15 heavy (non-hydrogen) atoms. The summed E-state index contributed by atoms with van der Waals surface area (Å²) in [7, 11) is 0. The van der Waals surface area contributed by atoms with Crippen LogP contribution in [0.3, 0.4) is 0 Å². The number of hydrogen-bond acceptors (Lipinski definition) is 4. The molecule has 1 amide bonds. The summed E-state index contributed by atoms with van der Waals surface area (Å²) in [4.78, 5) is 22.6. The van der Waals surface area contributed by atoms with Gasteiger partial charge in [0, 0.05) is 0 Å². The van der Waals surface area contributed by atoms with E-state index in [0.717, 1.165) is 0 Å². The van der Waals surface area contributed by atoms with Gasteiger partial charge in [0.25, 0.3) is 5.91 Å². The number of esters is 1. The zero-order valence-electron chi connectivity index (χ0n) is 8.65. The minimum atomic E-state index is -0.678. The third-order valence-corrected chi connectivity index (χ3v) is 1.73. The lowest BCUT2D eigenvalue weighted by Crippen LogP contribution is -2.39. The first kappa shape index (κ1) is 11.3. The zero-order valence-corrected chi connectivity index (χ0v) is 8.65. The normalized spacial score (nSPS) is 11.9. The van der Waals surface area contributed by atoms with Crippen LogP contribution in [0.5, 0.6) is 0 Å². The van der Waals surface area contributed by atoms with E-state index in [1.807, 2.05) is 0 Å². The van der Waals surface area contributed by atoms with Gasteiger partial charge in [-0.25, -0.2) is 4.79 Å². The average Bonchev–Trinajstić information content (AvgIpc) is 2.70. The van der Waals surface area contributed by atoms with Crippen LogP contribution in [-0.4, -0.2) is 24.5 Å². The Kier molecular flexibility index (Phi) is 3.91. The van der Waals surface area contributed by atoms with Crippen LogP contribution in [0.25, 0.3) is 0 Å². The van der Waals surface area contributed by atoms with Crippen molar-refractivity contribution < 1.29 is 18.7 Å². The van der Waals surface area contributed by atoms with Crippen molar-refractivity contribution >= 4 is 11.9 Å². The van der Waals surface area contributed by atoms with Gasteiger partial charge in [-0.2, -0.15) is 0 Å². The number of hydrogen-bond donors (Lipinski definition) is 1. The Bertz CT molecular complexity index is 331. The number of amides is 1. The first-order valence-corrected chi connectivity index (χ1v) is 4.66. The van der Waals surface area contributed by atoms with E-state index in [-0.39, 0.29) is 5.76 Å². The lowest BCUT2D eigenvalue weighted by molar-refractivity contribution is -0.144. The molecule has 5 heteroatoms. The maximum Gasteiger partial charge on any atom is 0.328 e. The molecular formula is C10H13NO4. The van der Waals surface area contributed by atoms with Crippen LogP contribution in [0.1, 0.15) is 24.4 Å². The molecule has 82 valence electrons. The van der Waals surface area contributed by atoms with Crippen molar-refractivity contribution in [2.24, 2.45) is 0 Å². The van der Waals surface area contributed by atoms with Crippen LogP contribution in [0.15, 0.2) is 22.8 Å². The van der Waals surface area contributed by atoms with E-state index >= 15 is 0 Å². The molecule has 0 fully saturated rings. The molecule has 1 aromatic rings. The van der Waals surface area contributed by atoms with Crippen molar-refractivity contribution in [1.82, 2.24) is 5.32 Å². The van der Waals surface area contributed by atoms with E-state index in [4.69, 9.17) is 9.15 Å². The van der Waals surface area contributed by atoms with Crippen molar-refractivity contribution in [1.29, 1.82) is 0 Å². The molecule has 0 saturated carbocycles. The van der Waals surface area contributed by atoms with E-state index in [0.29, 0.717) is 6.61 Å². The number of carbonyl (C=O) groups is 2. The first-order valence-electron chi connectivity index (χ1n) is 4.66. The van der Waals surface area contributed by atoms with Gasteiger partial charge in [-0.3, -0.25) is 4.79 Å². The fraction of sp³-hybridized carbons (Fsp3) is 0.400. The van der Waals surface area contributed by atoms with Gasteiger partial charge in [-0.15, -0.1) is 0 Å². The standard InChI is InChI=1S/C10H13NO4/c1-3-14-10(13)7(2)11-9(12)8-5-4-6-15-8/h4-7H,3H2,1-2H3,(H,11,12). The maximum atomic E-state index is 11.4. The summed E-state index contributed by atoms with van der Waals surface area (Å²) in [5.74, 6) is -0.718. The highest BCUT2D eigenvalue weighted by Crippen LogP contribution is 2.00. The number of nitrogens with one attached hydrogen (secondary N) is 1. The van der Waals surface area contributed by atoms with E-state index in [1.54, 1.807) is 19.9 Å². The van der Waals surface area contributed by atoms with Gasteiger partial charge in [0.05, 0.1) is 12.9 Å². The second-order valence-corrected chi connectivity index (χ2v) is 2.92. The molecule has 1 atom stereocenters. The van der Waals surface area contributed by atoms with E-state index in [9.17, 15) is 9.59 Å². The monoisotopic (exact) mass is 211 g/mol. The summed E-state index contributed by atoms with van der Waals surface area (Å²) in [5.41, 5.74) is 0. The predicted molar refractivity (Wildman–Crippen MR) is 52.3 cm³/mol. The van der Waals surface area contributed by atoms with Crippen LogP contribution < -0.4 is 5.32 Å². The van der Waals surface area contributed by atoms with Gasteiger partial charge in [0.2, 0.25) is 0 Å². The topological polar surface area (TPSA) is 68.5 Å². The molecule has 0 saturated heterocycles. The zero-order chi connectivity index (χ0) is 11.3. The van der Waals surface area contributed by atoms with Gasteiger partial charge in [-0.1, -0.05) is 0 Å². The third kappa shape index (κ3) is 3.12. The fourth-order valence-corrected chi connectivity index (χ4v) is 1.00. The molecule has 0 aromatic carbocycles. The third-order valence-electron chi connectivity index (χ3n) is 1.73. The van der Waals surface area contributed by atoms with E-state index < -0.39 is 17.9 Å². The largest absolute Gasteiger partial charge is 0.464 e. The van der Waals surface area contributed by atoms with Crippen LogP contribution >= 0.6 is 0 Å². The van der Waals surface area contributed by atoms with E-state index in [2.05, 4.69) is 5.32 Å². The SMILES string of the molecule is CCOC(=O)C(C)NC(=O)c1ccco1. The lowest BCUT2D eigenvalue weighted by Gasteiger charge is -2.11. The van der Waals surface area contributed by atoms with Crippen LogP contribution in [0.2, 0.25) is 0 Å². The summed E-state index contributed by atoms with van der Waals surface area (Å²) < 4.78 is 9.61. The Morgan fingerprint density at radius 3 is 2.87 bits per heavy atom. The Hall–Kier alpha value is -1.78. The van der Waals surface area contributed by atoms with Gasteiger partial charge in [0.1, 0.15) is 6.04 Å². The summed E-state index contributed by atoms with van der Waals surface area (Å²) in [5, 5.41) is 2.46. The molecule has 0 aliphatic rings. The van der Waals surface area contributed by atoms with Crippen LogP contribution in [-0.2, 0) is 9.53 Å². The molecule has 0 aliphatic carbocycles. The smallest absolute Gasteiger partial charge is 0.328 e. The Balaban J connectivity index is 2.48. The van der Waals surface area contributed by atoms with Crippen LogP contribution in [0, 0.1) is 0 Å². The second-order valence-electron chi connectivity index (χ2n) is 2.92. The number of ether oxygens (including phenoxy) is 1. The van der Waals surface area contributed by atoms with Crippen molar-refractivity contribution in [2.45, 2.75) is 19.9 Å². The second kappa shape index (κ2) is 5.19. The molecule has 5 nitrogen and oxygen atoms in total. The molecule has 0 spiro atoms. The highest BCUT2D eigenvalue weighted by Gasteiger charge is 2.18. The van der Waals surface area contributed by atoms with Crippen molar-refractivity contribution in [2.75, 3.05) is 6.61 Å². The van der Waals surface area contributed by atoms with Gasteiger partial charge >= 0.3 is 5.97 Å². The van der Waals surface area contributed by atoms with Crippen molar-refractivity contribution in [3.63, 3.8) is 0 Å². The molecule has 0 bridgehead atoms. The molecular weight excluding hydrogens is 198 g/mol. The van der Waals surface area contributed by atoms with Gasteiger partial charge in [-0.05, 0) is 26.0 Å². The number of rotatable bonds is 4. The molecule has 0 radical (unpaired) electrons. The molecule has 1 aromatic heterocycles. The Morgan fingerprint density at radius 1 is 1.60 bits per heavy atom. The van der Waals surface area contributed by atoms with E-state index in [1.165, 1.54) is 12.3 Å². The fourth-order valence-electron chi connectivity index (χ4n) is 1.00. The van der Waals surface area contributed by atoms with Crippen molar-refractivity contribution in [3.05, 3.63) is 24.2 Å². The predicted octanol–water partition coefficient (Wildman–Crippen LogP) is 0.961. The van der Waals surface area contributed by atoms with Gasteiger partial charge < -0.3 is 14.5 Å². The average molecular weight is 211 g/mol. The molecule has 0 aliphatic heterocycles. The minimum absolute atomic E-state index is 0.172. The molecule has 1 N–H and O–H groups in total. The molecule has 1 heterocycles. The Labute approximate surface area is 87.4 Å². The molecule has 1 unspecified atom stereocenters. The summed E-state index contributed by atoms with van der Waals surface area (Å²) >= 11 is 0. The first-order chi connectivity index (χ1) is 7.15. The van der Waals surface area contributed by atoms with Crippen molar-refractivity contribution in [3.8, 4) is 0 Å². The highest BCUT2D eigenvalue weighted by atomic mass is 16.5. The molecule has 1 rings (SSSR count). The lowest BCUT2D eigenvalue weighted by atomic mass is 10.3. The Morgan fingerprint density at radius 2 is 2.33 bits per heavy atom. The maximum absolute atomic E-state index is 11.4. The summed E-state index contributed by atoms with van der Waals surface area (Å²) in [6, 6.07) is 2.44. The van der Waals surface area contributed by atoms with Crippen LogP contribution in [0.4, 0.5) is 0 Å². The quantitative estimate of drug-likeness (QED) is 0.753. The number of carbonyl (C=O) groups excluding carboxylic acids is 2. The summed E-state index contributed by atoms with van der Waals surface area (Å²) in [6.45, 7) is 3.55. The highest BCUT2D eigenvalue weighted by molar-refractivity contribution is 5.94.